The number of hydrogen-bond donors (Lipinski definition) is 3. The molecule has 0 aromatic heterocycles. The predicted molar refractivity (Wildman–Crippen MR) is 96.8 cm³/mol. The van der Waals surface area contributed by atoms with Gasteiger partial charge in [0.05, 0.1) is 0 Å². The molecule has 1 aliphatic heterocycles. The molecule has 1 aromatic carbocycles. The van der Waals surface area contributed by atoms with Crippen molar-refractivity contribution < 1.29 is 28.7 Å². The van der Waals surface area contributed by atoms with E-state index in [0.29, 0.717) is 12.0 Å². The summed E-state index contributed by atoms with van der Waals surface area (Å²) in [6, 6.07) is 6.58. The highest BCUT2D eigenvalue weighted by Crippen LogP contribution is 2.22. The molecule has 2 atom stereocenters. The smallest absolute Gasteiger partial charge is 0.327 e. The molecule has 0 radical (unpaired) electrons. The maximum atomic E-state index is 12.4. The van der Waals surface area contributed by atoms with Crippen LogP contribution >= 0.6 is 0 Å². The third kappa shape index (κ3) is 4.45. The molecule has 10 heteroatoms. The zero-order valence-electron chi connectivity index (χ0n) is 15.8. The number of carbonyl (C=O) groups is 5. The summed E-state index contributed by atoms with van der Waals surface area (Å²) in [5.74, 6) is -2.39. The van der Waals surface area contributed by atoms with Gasteiger partial charge in [0, 0.05) is 12.6 Å². The number of rotatable bonds is 6. The molecule has 0 aliphatic carbocycles. The molecular formula is C18H22N4O6. The number of imide groups is 2. The first kappa shape index (κ1) is 20.9. The van der Waals surface area contributed by atoms with Crippen LogP contribution in [0.5, 0.6) is 0 Å². The van der Waals surface area contributed by atoms with Crippen LogP contribution in [0, 0.1) is 0 Å². The average molecular weight is 390 g/mol. The van der Waals surface area contributed by atoms with Crippen molar-refractivity contribution in [3.05, 3.63) is 35.9 Å². The zero-order valence-corrected chi connectivity index (χ0v) is 15.8. The molecule has 0 bridgehead atoms. The minimum atomic E-state index is -1.43. The standard InChI is InChI=1S/C18H22N4O6/c1-4-18(2)15(25)22(17(27)21-18)10-12(23)28-13(11-8-6-5-7-9-11)14(24)20-16(26)19-3/h5-9,13H,4,10H2,1-3H3,(H,21,27)(H2,19,20,24,26)/t13-,18-/m0/s1. The van der Waals surface area contributed by atoms with Crippen LogP contribution in [0.3, 0.4) is 0 Å². The number of amides is 6. The number of urea groups is 2. The minimum absolute atomic E-state index is 0.327. The molecule has 0 spiro atoms. The highest BCUT2D eigenvalue weighted by atomic mass is 16.5. The Kier molecular flexibility index (Phi) is 6.34. The second-order valence-electron chi connectivity index (χ2n) is 6.36. The second-order valence-corrected chi connectivity index (χ2v) is 6.36. The molecule has 10 nitrogen and oxygen atoms in total. The van der Waals surface area contributed by atoms with Crippen LogP contribution in [0.25, 0.3) is 0 Å². The summed E-state index contributed by atoms with van der Waals surface area (Å²) in [6.07, 6.45) is -1.08. The number of nitrogens with one attached hydrogen (secondary N) is 3. The van der Waals surface area contributed by atoms with E-state index in [2.05, 4.69) is 10.6 Å². The van der Waals surface area contributed by atoms with Gasteiger partial charge in [0.1, 0.15) is 12.1 Å². The van der Waals surface area contributed by atoms with E-state index >= 15 is 0 Å². The van der Waals surface area contributed by atoms with Gasteiger partial charge in [-0.1, -0.05) is 37.3 Å². The molecule has 2 rings (SSSR count). The van der Waals surface area contributed by atoms with Crippen LogP contribution < -0.4 is 16.0 Å². The fourth-order valence-electron chi connectivity index (χ4n) is 2.57. The van der Waals surface area contributed by atoms with Crippen LogP contribution in [0.4, 0.5) is 9.59 Å². The third-order valence-electron chi connectivity index (χ3n) is 4.39. The van der Waals surface area contributed by atoms with Crippen molar-refractivity contribution in [2.45, 2.75) is 31.9 Å². The topological polar surface area (TPSA) is 134 Å². The Balaban J connectivity index is 2.14. The number of nitrogens with zero attached hydrogens (tertiary/aromatic N) is 1. The van der Waals surface area contributed by atoms with Crippen molar-refractivity contribution in [1.29, 1.82) is 0 Å². The Morgan fingerprint density at radius 3 is 2.39 bits per heavy atom. The fraction of sp³-hybridized carbons (Fsp3) is 0.389. The monoisotopic (exact) mass is 390 g/mol. The molecule has 28 heavy (non-hydrogen) atoms. The van der Waals surface area contributed by atoms with E-state index < -0.39 is 48.0 Å². The molecule has 0 unspecified atom stereocenters. The summed E-state index contributed by atoms with van der Waals surface area (Å²) in [6.45, 7) is 2.63. The molecule has 150 valence electrons. The van der Waals surface area contributed by atoms with Crippen LogP contribution in [0.1, 0.15) is 31.9 Å². The van der Waals surface area contributed by atoms with Gasteiger partial charge in [-0.3, -0.25) is 24.6 Å². The van der Waals surface area contributed by atoms with Gasteiger partial charge in [-0.2, -0.15) is 0 Å². The molecular weight excluding hydrogens is 368 g/mol. The van der Waals surface area contributed by atoms with Gasteiger partial charge in [0.2, 0.25) is 6.10 Å². The van der Waals surface area contributed by atoms with E-state index in [4.69, 9.17) is 4.74 Å². The maximum Gasteiger partial charge on any atom is 0.327 e. The summed E-state index contributed by atoms with van der Waals surface area (Å²) in [7, 11) is 1.33. The summed E-state index contributed by atoms with van der Waals surface area (Å²) < 4.78 is 5.20. The number of benzene rings is 1. The average Bonchev–Trinajstić information content (AvgIpc) is 2.90. The van der Waals surface area contributed by atoms with Crippen LogP contribution in [0.2, 0.25) is 0 Å². The van der Waals surface area contributed by atoms with Gasteiger partial charge >= 0.3 is 18.0 Å². The van der Waals surface area contributed by atoms with Crippen molar-refractivity contribution in [3.63, 3.8) is 0 Å². The van der Waals surface area contributed by atoms with E-state index in [0.717, 1.165) is 4.90 Å². The minimum Gasteiger partial charge on any atom is -0.446 e. The summed E-state index contributed by atoms with van der Waals surface area (Å²) in [5, 5.41) is 6.79. The normalized spacial score (nSPS) is 19.6. The molecule has 1 saturated heterocycles. The van der Waals surface area contributed by atoms with Gasteiger partial charge in [0.15, 0.2) is 0 Å². The van der Waals surface area contributed by atoms with Gasteiger partial charge in [-0.05, 0) is 13.3 Å². The van der Waals surface area contributed by atoms with Crippen molar-refractivity contribution in [3.8, 4) is 0 Å². The first-order valence-corrected chi connectivity index (χ1v) is 8.63. The quantitative estimate of drug-likeness (QED) is 0.477. The SMILES string of the molecule is CC[C@]1(C)NC(=O)N(CC(=O)O[C@H](C(=O)NC(=O)NC)c2ccccc2)C1=O. The molecule has 0 saturated carbocycles. The van der Waals surface area contributed by atoms with Crippen LogP contribution in [-0.4, -0.2) is 53.9 Å². The maximum absolute atomic E-state index is 12.4. The number of ether oxygens (including phenoxy) is 1. The van der Waals surface area contributed by atoms with Gasteiger partial charge in [-0.25, -0.2) is 9.59 Å². The van der Waals surface area contributed by atoms with E-state index in [1.807, 2.05) is 5.32 Å². The van der Waals surface area contributed by atoms with E-state index in [1.54, 1.807) is 44.2 Å². The second kappa shape index (κ2) is 8.51. The summed E-state index contributed by atoms with van der Waals surface area (Å²) >= 11 is 0. The summed E-state index contributed by atoms with van der Waals surface area (Å²) in [4.78, 5) is 61.3. The molecule has 1 aliphatic rings. The Bertz CT molecular complexity index is 797. The lowest BCUT2D eigenvalue weighted by molar-refractivity contribution is -0.157. The van der Waals surface area contributed by atoms with Crippen molar-refractivity contribution in [2.24, 2.45) is 0 Å². The largest absolute Gasteiger partial charge is 0.446 e. The van der Waals surface area contributed by atoms with Gasteiger partial charge < -0.3 is 15.4 Å². The Morgan fingerprint density at radius 2 is 1.86 bits per heavy atom. The first-order valence-electron chi connectivity index (χ1n) is 8.63. The Labute approximate surface area is 161 Å². The number of esters is 1. The van der Waals surface area contributed by atoms with E-state index in [1.165, 1.54) is 7.05 Å². The zero-order chi connectivity index (χ0) is 20.9. The van der Waals surface area contributed by atoms with E-state index in [-0.39, 0.29) is 0 Å². The lowest BCUT2D eigenvalue weighted by Gasteiger charge is -2.20. The predicted octanol–water partition coefficient (Wildman–Crippen LogP) is 0.447. The molecule has 1 aromatic rings. The highest BCUT2D eigenvalue weighted by molar-refractivity contribution is 6.08. The third-order valence-corrected chi connectivity index (χ3v) is 4.39. The van der Waals surface area contributed by atoms with Gasteiger partial charge in [-0.15, -0.1) is 0 Å². The van der Waals surface area contributed by atoms with Gasteiger partial charge in [0.25, 0.3) is 11.8 Å². The van der Waals surface area contributed by atoms with Crippen LogP contribution in [-0.2, 0) is 19.1 Å². The van der Waals surface area contributed by atoms with Crippen LogP contribution in [0.15, 0.2) is 30.3 Å². The van der Waals surface area contributed by atoms with E-state index in [9.17, 15) is 24.0 Å². The molecule has 3 N–H and O–H groups in total. The Hall–Kier alpha value is -3.43. The molecule has 6 amide bonds. The Morgan fingerprint density at radius 1 is 1.21 bits per heavy atom. The lowest BCUT2D eigenvalue weighted by atomic mass is 9.99. The number of hydrogen-bond acceptors (Lipinski definition) is 6. The molecule has 1 fully saturated rings. The van der Waals surface area contributed by atoms with Crippen molar-refractivity contribution in [2.75, 3.05) is 13.6 Å². The highest BCUT2D eigenvalue weighted by Gasteiger charge is 2.47. The lowest BCUT2D eigenvalue weighted by Crippen LogP contribution is -2.44. The summed E-state index contributed by atoms with van der Waals surface area (Å²) in [5.41, 5.74) is -0.764. The number of carbonyl (C=O) groups excluding carboxylic acids is 5. The molecule has 1 heterocycles. The fourth-order valence-corrected chi connectivity index (χ4v) is 2.57. The van der Waals surface area contributed by atoms with Crippen molar-refractivity contribution in [1.82, 2.24) is 20.9 Å². The van der Waals surface area contributed by atoms with Crippen molar-refractivity contribution >= 4 is 29.8 Å². The first-order chi connectivity index (χ1) is 13.2.